The van der Waals surface area contributed by atoms with E-state index in [-0.39, 0.29) is 24.0 Å². The number of aliphatic carboxylic acids is 1. The predicted molar refractivity (Wildman–Crippen MR) is 96.1 cm³/mol. The Labute approximate surface area is 152 Å². The molecule has 0 spiro atoms. The van der Waals surface area contributed by atoms with Crippen molar-refractivity contribution < 1.29 is 14.3 Å². The molecule has 0 saturated heterocycles. The molecule has 132 valence electrons. The first kappa shape index (κ1) is 17.6. The van der Waals surface area contributed by atoms with Crippen LogP contribution in [-0.4, -0.2) is 32.6 Å². The molecule has 0 aliphatic heterocycles. The lowest BCUT2D eigenvalue weighted by atomic mass is 10.2. The van der Waals surface area contributed by atoms with Crippen molar-refractivity contribution >= 4 is 35.0 Å². The molecule has 0 saturated carbocycles. The molecule has 2 aromatic heterocycles. The highest BCUT2D eigenvalue weighted by molar-refractivity contribution is 6.30. The van der Waals surface area contributed by atoms with E-state index in [1.165, 1.54) is 18.2 Å². The molecule has 0 aliphatic rings. The van der Waals surface area contributed by atoms with Gasteiger partial charge in [-0.3, -0.25) is 9.78 Å². The molecule has 3 N–H and O–H groups in total. The Balaban J connectivity index is 1.98. The number of hydrogen-bond acceptors (Lipinski definition) is 6. The summed E-state index contributed by atoms with van der Waals surface area (Å²) in [4.78, 5) is 23.2. The van der Waals surface area contributed by atoms with Crippen molar-refractivity contribution in [1.29, 1.82) is 0 Å². The van der Waals surface area contributed by atoms with Gasteiger partial charge in [0.15, 0.2) is 0 Å². The molecular weight excluding hydrogens is 361 g/mol. The number of pyridine rings is 1. The zero-order valence-electron chi connectivity index (χ0n) is 13.3. The van der Waals surface area contributed by atoms with Crippen molar-refractivity contribution in [3.8, 4) is 11.3 Å². The number of rotatable bonds is 6. The fourth-order valence-corrected chi connectivity index (χ4v) is 2.32. The molecule has 26 heavy (non-hydrogen) atoms. The quantitative estimate of drug-likeness (QED) is 0.607. The number of carboxylic acid groups (broad SMARTS) is 1. The predicted octanol–water partition coefficient (Wildman–Crippen LogP) is 3.57. The van der Waals surface area contributed by atoms with Crippen LogP contribution in [0.4, 0.5) is 21.8 Å². The normalized spacial score (nSPS) is 10.4. The lowest BCUT2D eigenvalue weighted by Crippen LogP contribution is -2.15. The summed E-state index contributed by atoms with van der Waals surface area (Å²) in [7, 11) is 0. The highest BCUT2D eigenvalue weighted by Gasteiger charge is 2.10. The van der Waals surface area contributed by atoms with Gasteiger partial charge in [0.2, 0.25) is 5.95 Å². The molecule has 9 heteroatoms. The number of hydrogen-bond donors (Lipinski definition) is 3. The summed E-state index contributed by atoms with van der Waals surface area (Å²) in [5.41, 5.74) is 1.40. The zero-order valence-corrected chi connectivity index (χ0v) is 14.0. The minimum Gasteiger partial charge on any atom is -0.480 e. The molecule has 3 aromatic rings. The van der Waals surface area contributed by atoms with E-state index in [1.54, 1.807) is 30.6 Å². The Morgan fingerprint density at radius 2 is 1.92 bits per heavy atom. The van der Waals surface area contributed by atoms with E-state index in [1.807, 2.05) is 0 Å². The van der Waals surface area contributed by atoms with E-state index in [9.17, 15) is 9.18 Å². The van der Waals surface area contributed by atoms with Crippen molar-refractivity contribution in [1.82, 2.24) is 15.0 Å². The smallest absolute Gasteiger partial charge is 0.322 e. The molecule has 0 unspecified atom stereocenters. The Morgan fingerprint density at radius 1 is 1.15 bits per heavy atom. The molecule has 0 radical (unpaired) electrons. The lowest BCUT2D eigenvalue weighted by Gasteiger charge is -2.11. The fraction of sp³-hybridized carbons (Fsp3) is 0.0588. The molecule has 0 bridgehead atoms. The average molecular weight is 374 g/mol. The highest BCUT2D eigenvalue weighted by Crippen LogP contribution is 2.26. The number of nitrogens with zero attached hydrogens (tertiary/aromatic N) is 3. The van der Waals surface area contributed by atoms with Gasteiger partial charge in [-0.1, -0.05) is 11.6 Å². The van der Waals surface area contributed by atoms with Crippen LogP contribution in [0, 0.1) is 5.82 Å². The monoisotopic (exact) mass is 373 g/mol. The van der Waals surface area contributed by atoms with Crippen LogP contribution in [0.5, 0.6) is 0 Å². The van der Waals surface area contributed by atoms with Crippen LogP contribution in [0.1, 0.15) is 0 Å². The molecule has 2 heterocycles. The zero-order chi connectivity index (χ0) is 18.5. The molecule has 3 rings (SSSR count). The Bertz CT molecular complexity index is 940. The minimum atomic E-state index is -1.06. The topological polar surface area (TPSA) is 100 Å². The van der Waals surface area contributed by atoms with Gasteiger partial charge in [-0.15, -0.1) is 0 Å². The van der Waals surface area contributed by atoms with Gasteiger partial charge in [0.1, 0.15) is 18.2 Å². The van der Waals surface area contributed by atoms with Gasteiger partial charge in [-0.25, -0.2) is 9.37 Å². The molecule has 0 atom stereocenters. The second-order valence-corrected chi connectivity index (χ2v) is 5.63. The van der Waals surface area contributed by atoms with Gasteiger partial charge < -0.3 is 15.7 Å². The van der Waals surface area contributed by atoms with Gasteiger partial charge in [-0.2, -0.15) is 4.98 Å². The maximum Gasteiger partial charge on any atom is 0.322 e. The summed E-state index contributed by atoms with van der Waals surface area (Å²) in [5.74, 6) is -1.19. The van der Waals surface area contributed by atoms with Crippen molar-refractivity contribution in [3.05, 3.63) is 59.6 Å². The molecule has 7 nitrogen and oxygen atoms in total. The summed E-state index contributed by atoms with van der Waals surface area (Å²) >= 11 is 5.90. The van der Waals surface area contributed by atoms with E-state index in [2.05, 4.69) is 25.6 Å². The number of nitrogens with one attached hydrogen (secondary N) is 2. The highest BCUT2D eigenvalue weighted by atomic mass is 35.5. The Hall–Kier alpha value is -3.26. The van der Waals surface area contributed by atoms with E-state index >= 15 is 0 Å². The number of aromatic nitrogens is 3. The Kier molecular flexibility index (Phi) is 5.23. The third-order valence-corrected chi connectivity index (χ3v) is 3.53. The van der Waals surface area contributed by atoms with Crippen molar-refractivity contribution in [3.63, 3.8) is 0 Å². The van der Waals surface area contributed by atoms with Gasteiger partial charge in [0, 0.05) is 29.0 Å². The van der Waals surface area contributed by atoms with Gasteiger partial charge in [-0.05, 0) is 30.3 Å². The molecule has 0 amide bonds. The average Bonchev–Trinajstić information content (AvgIpc) is 2.63. The van der Waals surface area contributed by atoms with Crippen LogP contribution in [-0.2, 0) is 4.79 Å². The standard InChI is InChI=1S/C17H13ClFN5O2/c18-11-1-2-12(19)14(7-11)22-15-8-13(10-3-5-20-6-4-10)23-17(24-15)21-9-16(25)26/h1-8H,9H2,(H,25,26)(H2,21,22,23,24). The maximum atomic E-state index is 14.0. The van der Waals surface area contributed by atoms with Crippen LogP contribution in [0.3, 0.4) is 0 Å². The third kappa shape index (κ3) is 4.42. The number of halogens is 2. The van der Waals surface area contributed by atoms with Crippen molar-refractivity contribution in [2.45, 2.75) is 0 Å². The lowest BCUT2D eigenvalue weighted by molar-refractivity contribution is -0.134. The van der Waals surface area contributed by atoms with E-state index < -0.39 is 11.8 Å². The maximum absolute atomic E-state index is 14.0. The van der Waals surface area contributed by atoms with Crippen LogP contribution in [0.2, 0.25) is 5.02 Å². The van der Waals surface area contributed by atoms with Gasteiger partial charge in [0.05, 0.1) is 11.4 Å². The summed E-state index contributed by atoms with van der Waals surface area (Å²) in [5, 5.41) is 14.6. The largest absolute Gasteiger partial charge is 0.480 e. The first-order chi connectivity index (χ1) is 12.5. The minimum absolute atomic E-state index is 0.0895. The van der Waals surface area contributed by atoms with Crippen LogP contribution in [0.25, 0.3) is 11.3 Å². The molecule has 0 aliphatic carbocycles. The SMILES string of the molecule is O=C(O)CNc1nc(Nc2cc(Cl)ccc2F)cc(-c2ccncc2)n1. The molecule has 0 fully saturated rings. The van der Waals surface area contributed by atoms with Crippen molar-refractivity contribution in [2.24, 2.45) is 0 Å². The molecule has 1 aromatic carbocycles. The van der Waals surface area contributed by atoms with Gasteiger partial charge in [0.25, 0.3) is 0 Å². The van der Waals surface area contributed by atoms with E-state index in [0.717, 1.165) is 5.56 Å². The fourth-order valence-electron chi connectivity index (χ4n) is 2.15. The van der Waals surface area contributed by atoms with Crippen LogP contribution < -0.4 is 10.6 Å². The Morgan fingerprint density at radius 3 is 2.65 bits per heavy atom. The van der Waals surface area contributed by atoms with E-state index in [0.29, 0.717) is 10.7 Å². The summed E-state index contributed by atoms with van der Waals surface area (Å²) in [6, 6.07) is 9.20. The van der Waals surface area contributed by atoms with Crippen LogP contribution >= 0.6 is 11.6 Å². The molecular formula is C17H13ClFN5O2. The number of benzene rings is 1. The number of carboxylic acids is 1. The van der Waals surface area contributed by atoms with Gasteiger partial charge >= 0.3 is 5.97 Å². The third-order valence-electron chi connectivity index (χ3n) is 3.29. The van der Waals surface area contributed by atoms with Crippen LogP contribution in [0.15, 0.2) is 48.8 Å². The second-order valence-electron chi connectivity index (χ2n) is 5.19. The second kappa shape index (κ2) is 7.75. The number of carbonyl (C=O) groups is 1. The number of anilines is 3. The first-order valence-corrected chi connectivity index (χ1v) is 7.86. The summed E-state index contributed by atoms with van der Waals surface area (Å²) in [6.07, 6.45) is 3.21. The summed E-state index contributed by atoms with van der Waals surface area (Å²) < 4.78 is 14.0. The van der Waals surface area contributed by atoms with E-state index in [4.69, 9.17) is 16.7 Å². The summed E-state index contributed by atoms with van der Waals surface area (Å²) in [6.45, 7) is -0.356. The first-order valence-electron chi connectivity index (χ1n) is 7.48. The van der Waals surface area contributed by atoms with Crippen molar-refractivity contribution in [2.75, 3.05) is 17.2 Å².